The molecular formula is C26H26BrCl2N3O4S. The number of amides is 2. The van der Waals surface area contributed by atoms with Gasteiger partial charge < -0.3 is 10.2 Å². The first-order chi connectivity index (χ1) is 17.4. The summed E-state index contributed by atoms with van der Waals surface area (Å²) in [6, 6.07) is 17.0. The highest BCUT2D eigenvalue weighted by atomic mass is 79.9. The lowest BCUT2D eigenvalue weighted by molar-refractivity contribution is -0.139. The molecule has 3 rings (SSSR count). The molecule has 196 valence electrons. The first kappa shape index (κ1) is 29.0. The maximum Gasteiger partial charge on any atom is 0.264 e. The monoisotopic (exact) mass is 625 g/mol. The van der Waals surface area contributed by atoms with E-state index in [4.69, 9.17) is 23.2 Å². The molecule has 0 spiro atoms. The standard InChI is InChI=1S/C26H26BrCl2N3O4S/c1-17-4-10-24(11-5-17)37(35,36)32(23-13-21(28)12-22(29)14-23)16-25(33)31(18(2)26(34)30-3)15-19-6-8-20(27)9-7-19/h4-14,18H,15-16H2,1-3H3,(H,30,34). The van der Waals surface area contributed by atoms with Gasteiger partial charge in [0.2, 0.25) is 11.8 Å². The Morgan fingerprint density at radius 3 is 2.08 bits per heavy atom. The summed E-state index contributed by atoms with van der Waals surface area (Å²) in [5.74, 6) is -0.963. The number of likely N-dealkylation sites (N-methyl/N-ethyl adjacent to an activating group) is 1. The van der Waals surface area contributed by atoms with Crippen molar-refractivity contribution in [3.05, 3.63) is 92.4 Å². The molecule has 2 amide bonds. The number of rotatable bonds is 9. The smallest absolute Gasteiger partial charge is 0.264 e. The van der Waals surface area contributed by atoms with Crippen LogP contribution in [0, 0.1) is 6.92 Å². The van der Waals surface area contributed by atoms with E-state index in [1.807, 2.05) is 31.2 Å². The number of anilines is 1. The zero-order chi connectivity index (χ0) is 27.3. The summed E-state index contributed by atoms with van der Waals surface area (Å²) >= 11 is 15.7. The molecule has 0 saturated carbocycles. The highest BCUT2D eigenvalue weighted by Gasteiger charge is 2.32. The van der Waals surface area contributed by atoms with Gasteiger partial charge in [0.1, 0.15) is 12.6 Å². The molecule has 0 radical (unpaired) electrons. The summed E-state index contributed by atoms with van der Waals surface area (Å²) in [4.78, 5) is 27.6. The molecule has 0 aliphatic rings. The Labute approximate surface area is 235 Å². The van der Waals surface area contributed by atoms with E-state index in [1.54, 1.807) is 19.1 Å². The Kier molecular flexibility index (Phi) is 9.63. The molecule has 0 fully saturated rings. The van der Waals surface area contributed by atoms with Crippen molar-refractivity contribution in [1.82, 2.24) is 10.2 Å². The van der Waals surface area contributed by atoms with E-state index in [-0.39, 0.29) is 33.1 Å². The maximum atomic E-state index is 13.8. The average Bonchev–Trinajstić information content (AvgIpc) is 2.85. The molecule has 7 nitrogen and oxygen atoms in total. The van der Waals surface area contributed by atoms with Crippen molar-refractivity contribution in [3.8, 4) is 0 Å². The van der Waals surface area contributed by atoms with Crippen LogP contribution < -0.4 is 9.62 Å². The lowest BCUT2D eigenvalue weighted by atomic mass is 10.1. The van der Waals surface area contributed by atoms with Crippen molar-refractivity contribution < 1.29 is 18.0 Å². The fourth-order valence-electron chi connectivity index (χ4n) is 3.63. The SMILES string of the molecule is CNC(=O)C(C)N(Cc1ccc(Br)cc1)C(=O)CN(c1cc(Cl)cc(Cl)c1)S(=O)(=O)c1ccc(C)cc1. The van der Waals surface area contributed by atoms with Gasteiger partial charge >= 0.3 is 0 Å². The quantitative estimate of drug-likeness (QED) is 0.344. The van der Waals surface area contributed by atoms with Crippen LogP contribution in [0.2, 0.25) is 10.0 Å². The molecule has 1 N–H and O–H groups in total. The maximum absolute atomic E-state index is 13.8. The van der Waals surface area contributed by atoms with Gasteiger partial charge in [0.05, 0.1) is 10.6 Å². The predicted molar refractivity (Wildman–Crippen MR) is 150 cm³/mol. The molecule has 11 heteroatoms. The van der Waals surface area contributed by atoms with Gasteiger partial charge in [0.15, 0.2) is 0 Å². The van der Waals surface area contributed by atoms with E-state index < -0.39 is 28.5 Å². The van der Waals surface area contributed by atoms with E-state index in [0.717, 1.165) is 19.9 Å². The Bertz CT molecular complexity index is 1360. The van der Waals surface area contributed by atoms with Crippen LogP contribution >= 0.6 is 39.1 Å². The lowest BCUT2D eigenvalue weighted by Crippen LogP contribution is -2.50. The fourth-order valence-corrected chi connectivity index (χ4v) is 5.80. The van der Waals surface area contributed by atoms with Gasteiger partial charge in [-0.25, -0.2) is 8.42 Å². The molecule has 1 unspecified atom stereocenters. The molecule has 0 heterocycles. The van der Waals surface area contributed by atoms with Crippen molar-refractivity contribution >= 4 is 66.7 Å². The first-order valence-corrected chi connectivity index (χ1v) is 14.2. The molecule has 3 aromatic carbocycles. The summed E-state index contributed by atoms with van der Waals surface area (Å²) in [5, 5.41) is 2.97. The van der Waals surface area contributed by atoms with E-state index in [1.165, 1.54) is 42.3 Å². The van der Waals surface area contributed by atoms with Gasteiger partial charge in [-0.15, -0.1) is 0 Å². The van der Waals surface area contributed by atoms with Crippen LogP contribution in [0.3, 0.4) is 0 Å². The van der Waals surface area contributed by atoms with Crippen molar-refractivity contribution in [2.24, 2.45) is 0 Å². The van der Waals surface area contributed by atoms with Gasteiger partial charge in [-0.1, -0.05) is 69.0 Å². The third-order valence-electron chi connectivity index (χ3n) is 5.70. The van der Waals surface area contributed by atoms with Crippen LogP contribution in [-0.2, 0) is 26.2 Å². The number of sulfonamides is 1. The summed E-state index contributed by atoms with van der Waals surface area (Å²) in [6.07, 6.45) is 0. The topological polar surface area (TPSA) is 86.8 Å². The Hall–Kier alpha value is -2.59. The van der Waals surface area contributed by atoms with E-state index in [0.29, 0.717) is 0 Å². The normalized spacial score (nSPS) is 12.1. The Balaban J connectivity index is 2.06. The van der Waals surface area contributed by atoms with Crippen LogP contribution in [0.15, 0.2) is 76.1 Å². The second-order valence-electron chi connectivity index (χ2n) is 8.39. The average molecular weight is 627 g/mol. The van der Waals surface area contributed by atoms with E-state index >= 15 is 0 Å². The number of halogens is 3. The zero-order valence-corrected chi connectivity index (χ0v) is 24.3. The van der Waals surface area contributed by atoms with Crippen LogP contribution in [0.1, 0.15) is 18.1 Å². The fraction of sp³-hybridized carbons (Fsp3) is 0.231. The number of aryl methyl sites for hydroxylation is 1. The molecule has 37 heavy (non-hydrogen) atoms. The number of carbonyl (C=O) groups is 2. The van der Waals surface area contributed by atoms with E-state index in [2.05, 4.69) is 21.2 Å². The Morgan fingerprint density at radius 1 is 0.973 bits per heavy atom. The highest BCUT2D eigenvalue weighted by molar-refractivity contribution is 9.10. The third-order valence-corrected chi connectivity index (χ3v) is 8.46. The largest absolute Gasteiger partial charge is 0.357 e. The Morgan fingerprint density at radius 2 is 1.54 bits per heavy atom. The van der Waals surface area contributed by atoms with Crippen molar-refractivity contribution in [2.75, 3.05) is 17.9 Å². The molecule has 1 atom stereocenters. The second kappa shape index (κ2) is 12.3. The van der Waals surface area contributed by atoms with Crippen molar-refractivity contribution in [2.45, 2.75) is 31.3 Å². The van der Waals surface area contributed by atoms with Gasteiger partial charge in [-0.05, 0) is 61.9 Å². The summed E-state index contributed by atoms with van der Waals surface area (Å²) in [5.41, 5.74) is 1.78. The van der Waals surface area contributed by atoms with Crippen LogP contribution in [0.25, 0.3) is 0 Å². The first-order valence-electron chi connectivity index (χ1n) is 11.2. The number of nitrogens with zero attached hydrogens (tertiary/aromatic N) is 2. The van der Waals surface area contributed by atoms with Crippen LogP contribution in [0.4, 0.5) is 5.69 Å². The molecule has 0 aromatic heterocycles. The summed E-state index contributed by atoms with van der Waals surface area (Å²) in [7, 11) is -2.73. The molecule has 0 saturated heterocycles. The van der Waals surface area contributed by atoms with Gasteiger partial charge in [0.25, 0.3) is 10.0 Å². The summed E-state index contributed by atoms with van der Waals surface area (Å²) in [6.45, 7) is 2.94. The van der Waals surface area contributed by atoms with E-state index in [9.17, 15) is 18.0 Å². The molecule has 3 aromatic rings. The third kappa shape index (κ3) is 7.25. The number of carbonyl (C=O) groups excluding carboxylic acids is 2. The summed E-state index contributed by atoms with van der Waals surface area (Å²) < 4.78 is 29.4. The van der Waals surface area contributed by atoms with Crippen molar-refractivity contribution in [3.63, 3.8) is 0 Å². The minimum absolute atomic E-state index is 0.000747. The van der Waals surface area contributed by atoms with Crippen molar-refractivity contribution in [1.29, 1.82) is 0 Å². The number of benzene rings is 3. The van der Waals surface area contributed by atoms with Gasteiger partial charge in [0, 0.05) is 28.1 Å². The number of hydrogen-bond acceptors (Lipinski definition) is 4. The lowest BCUT2D eigenvalue weighted by Gasteiger charge is -2.32. The van der Waals surface area contributed by atoms with Crippen LogP contribution in [0.5, 0.6) is 0 Å². The molecular weight excluding hydrogens is 601 g/mol. The number of hydrogen-bond donors (Lipinski definition) is 1. The minimum atomic E-state index is -4.20. The predicted octanol–water partition coefficient (Wildman–Crippen LogP) is 5.42. The second-order valence-corrected chi connectivity index (χ2v) is 12.0. The zero-order valence-electron chi connectivity index (χ0n) is 20.4. The minimum Gasteiger partial charge on any atom is -0.357 e. The molecule has 0 bridgehead atoms. The van der Waals surface area contributed by atoms with Crippen LogP contribution in [-0.4, -0.2) is 44.8 Å². The molecule has 0 aliphatic carbocycles. The highest BCUT2D eigenvalue weighted by Crippen LogP contribution is 2.30. The molecule has 0 aliphatic heterocycles. The van der Waals surface area contributed by atoms with Gasteiger partial charge in [-0.3, -0.25) is 13.9 Å². The number of nitrogens with one attached hydrogen (secondary N) is 1. The van der Waals surface area contributed by atoms with Gasteiger partial charge in [-0.2, -0.15) is 0 Å².